The van der Waals surface area contributed by atoms with Crippen molar-refractivity contribution < 1.29 is 18.3 Å². The highest BCUT2D eigenvalue weighted by molar-refractivity contribution is 5.50. The SMILES string of the molecule is Cc1ccc(OCCOc2ccc(F)cc2F)cc1N. The molecule has 3 nitrogen and oxygen atoms in total. The second kappa shape index (κ2) is 6.23. The molecule has 0 bridgehead atoms. The van der Waals surface area contributed by atoms with E-state index in [4.69, 9.17) is 15.2 Å². The van der Waals surface area contributed by atoms with Crippen LogP contribution in [0.5, 0.6) is 11.5 Å². The molecule has 0 aliphatic heterocycles. The number of rotatable bonds is 5. The first-order valence-electron chi connectivity index (χ1n) is 6.13. The maximum atomic E-state index is 13.3. The molecule has 2 N–H and O–H groups in total. The van der Waals surface area contributed by atoms with Crippen molar-refractivity contribution in [2.45, 2.75) is 6.92 Å². The Morgan fingerprint density at radius 3 is 2.45 bits per heavy atom. The van der Waals surface area contributed by atoms with E-state index in [1.807, 2.05) is 13.0 Å². The Morgan fingerprint density at radius 1 is 1.00 bits per heavy atom. The number of hydrogen-bond acceptors (Lipinski definition) is 3. The van der Waals surface area contributed by atoms with Crippen LogP contribution in [0.2, 0.25) is 0 Å². The van der Waals surface area contributed by atoms with Crippen molar-refractivity contribution in [2.75, 3.05) is 18.9 Å². The lowest BCUT2D eigenvalue weighted by atomic mass is 10.2. The molecule has 0 radical (unpaired) electrons. The molecule has 0 spiro atoms. The van der Waals surface area contributed by atoms with E-state index in [2.05, 4.69) is 0 Å². The number of benzene rings is 2. The summed E-state index contributed by atoms with van der Waals surface area (Å²) < 4.78 is 36.6. The number of ether oxygens (including phenoxy) is 2. The van der Waals surface area contributed by atoms with E-state index in [0.717, 1.165) is 17.7 Å². The molecule has 0 heterocycles. The fourth-order valence-corrected chi connectivity index (χ4v) is 1.61. The topological polar surface area (TPSA) is 44.5 Å². The van der Waals surface area contributed by atoms with E-state index < -0.39 is 11.6 Å². The van der Waals surface area contributed by atoms with Gasteiger partial charge in [-0.15, -0.1) is 0 Å². The Balaban J connectivity index is 1.82. The van der Waals surface area contributed by atoms with Crippen LogP contribution in [0, 0.1) is 18.6 Å². The van der Waals surface area contributed by atoms with Crippen molar-refractivity contribution in [3.8, 4) is 11.5 Å². The Labute approximate surface area is 115 Å². The van der Waals surface area contributed by atoms with Crippen molar-refractivity contribution >= 4 is 5.69 Å². The molecule has 0 aliphatic carbocycles. The molecule has 2 aromatic rings. The minimum absolute atomic E-state index is 0.00146. The van der Waals surface area contributed by atoms with Gasteiger partial charge in [0.1, 0.15) is 24.8 Å². The lowest BCUT2D eigenvalue weighted by Gasteiger charge is -2.10. The number of aryl methyl sites for hydroxylation is 1. The van der Waals surface area contributed by atoms with Crippen molar-refractivity contribution in [3.05, 3.63) is 53.6 Å². The van der Waals surface area contributed by atoms with Gasteiger partial charge >= 0.3 is 0 Å². The Morgan fingerprint density at radius 2 is 1.75 bits per heavy atom. The van der Waals surface area contributed by atoms with E-state index in [1.54, 1.807) is 12.1 Å². The monoisotopic (exact) mass is 279 g/mol. The normalized spacial score (nSPS) is 10.3. The van der Waals surface area contributed by atoms with Crippen LogP contribution in [0.3, 0.4) is 0 Å². The summed E-state index contributed by atoms with van der Waals surface area (Å²) in [5.74, 6) is -0.750. The first-order valence-corrected chi connectivity index (χ1v) is 6.13. The van der Waals surface area contributed by atoms with E-state index in [9.17, 15) is 8.78 Å². The van der Waals surface area contributed by atoms with Crippen molar-refractivity contribution in [3.63, 3.8) is 0 Å². The van der Waals surface area contributed by atoms with Crippen LogP contribution >= 0.6 is 0 Å². The smallest absolute Gasteiger partial charge is 0.167 e. The Bertz CT molecular complexity index is 602. The summed E-state index contributed by atoms with van der Waals surface area (Å²) in [5, 5.41) is 0. The second-order valence-electron chi connectivity index (χ2n) is 4.29. The molecule has 0 fully saturated rings. The van der Waals surface area contributed by atoms with Crippen LogP contribution in [-0.4, -0.2) is 13.2 Å². The van der Waals surface area contributed by atoms with Crippen LogP contribution < -0.4 is 15.2 Å². The molecule has 5 heteroatoms. The van der Waals surface area contributed by atoms with Gasteiger partial charge in [-0.2, -0.15) is 0 Å². The highest BCUT2D eigenvalue weighted by Crippen LogP contribution is 2.20. The maximum Gasteiger partial charge on any atom is 0.167 e. The maximum absolute atomic E-state index is 13.3. The van der Waals surface area contributed by atoms with Gasteiger partial charge in [0.05, 0.1) is 0 Å². The fourth-order valence-electron chi connectivity index (χ4n) is 1.61. The Kier molecular flexibility index (Phi) is 4.40. The number of hydrogen-bond donors (Lipinski definition) is 1. The number of nitrogen functional groups attached to an aromatic ring is 1. The number of anilines is 1. The van der Waals surface area contributed by atoms with Crippen LogP contribution in [0.25, 0.3) is 0 Å². The van der Waals surface area contributed by atoms with Gasteiger partial charge in [0.15, 0.2) is 11.6 Å². The van der Waals surface area contributed by atoms with Crippen LogP contribution in [-0.2, 0) is 0 Å². The number of halogens is 2. The summed E-state index contributed by atoms with van der Waals surface area (Å²) in [6.07, 6.45) is 0. The highest BCUT2D eigenvalue weighted by atomic mass is 19.1. The molecule has 0 saturated carbocycles. The van der Waals surface area contributed by atoms with Crippen LogP contribution in [0.1, 0.15) is 5.56 Å². The fraction of sp³-hybridized carbons (Fsp3) is 0.200. The average molecular weight is 279 g/mol. The van der Waals surface area contributed by atoms with Crippen molar-refractivity contribution in [2.24, 2.45) is 0 Å². The van der Waals surface area contributed by atoms with Gasteiger partial charge in [0.2, 0.25) is 0 Å². The zero-order valence-corrected chi connectivity index (χ0v) is 11.0. The molecule has 0 aliphatic rings. The third-order valence-electron chi connectivity index (χ3n) is 2.75. The Hall–Kier alpha value is -2.30. The quantitative estimate of drug-likeness (QED) is 0.674. The van der Waals surface area contributed by atoms with Gasteiger partial charge in [-0.05, 0) is 30.7 Å². The van der Waals surface area contributed by atoms with Gasteiger partial charge in [-0.25, -0.2) is 8.78 Å². The lowest BCUT2D eigenvalue weighted by Crippen LogP contribution is -2.10. The average Bonchev–Trinajstić information content (AvgIpc) is 2.40. The van der Waals surface area contributed by atoms with E-state index in [1.165, 1.54) is 6.07 Å². The molecule has 20 heavy (non-hydrogen) atoms. The van der Waals surface area contributed by atoms with Gasteiger partial charge < -0.3 is 15.2 Å². The molecule has 2 aromatic carbocycles. The largest absolute Gasteiger partial charge is 0.490 e. The minimum Gasteiger partial charge on any atom is -0.490 e. The predicted molar refractivity (Wildman–Crippen MR) is 72.9 cm³/mol. The standard InChI is InChI=1S/C15H15F2NO2/c1-10-2-4-12(9-14(10)18)19-6-7-20-15-5-3-11(16)8-13(15)17/h2-5,8-9H,6-7,18H2,1H3. The first-order chi connectivity index (χ1) is 9.56. The third-order valence-corrected chi connectivity index (χ3v) is 2.75. The molecule has 0 saturated heterocycles. The van der Waals surface area contributed by atoms with Gasteiger partial charge in [-0.1, -0.05) is 6.07 Å². The molecule has 0 aromatic heterocycles. The van der Waals surface area contributed by atoms with Gasteiger partial charge in [0.25, 0.3) is 0 Å². The summed E-state index contributed by atoms with van der Waals surface area (Å²) in [6.45, 7) is 2.29. The predicted octanol–water partition coefficient (Wildman–Crippen LogP) is 3.31. The summed E-state index contributed by atoms with van der Waals surface area (Å²) in [6, 6.07) is 8.52. The molecule has 2 rings (SSSR count). The first kappa shape index (κ1) is 14.1. The van der Waals surface area contributed by atoms with E-state index in [0.29, 0.717) is 11.4 Å². The molecule has 0 unspecified atom stereocenters. The van der Waals surface area contributed by atoms with Crippen molar-refractivity contribution in [1.82, 2.24) is 0 Å². The summed E-state index contributed by atoms with van der Waals surface area (Å²) >= 11 is 0. The summed E-state index contributed by atoms with van der Waals surface area (Å²) in [7, 11) is 0. The van der Waals surface area contributed by atoms with Gasteiger partial charge in [-0.3, -0.25) is 0 Å². The van der Waals surface area contributed by atoms with Gasteiger partial charge in [0, 0.05) is 17.8 Å². The molecule has 0 atom stereocenters. The number of nitrogens with two attached hydrogens (primary N) is 1. The molecule has 106 valence electrons. The zero-order chi connectivity index (χ0) is 14.5. The van der Waals surface area contributed by atoms with E-state index in [-0.39, 0.29) is 19.0 Å². The highest BCUT2D eigenvalue weighted by Gasteiger charge is 2.04. The summed E-state index contributed by atoms with van der Waals surface area (Å²) in [4.78, 5) is 0. The second-order valence-corrected chi connectivity index (χ2v) is 4.29. The van der Waals surface area contributed by atoms with E-state index >= 15 is 0 Å². The van der Waals surface area contributed by atoms with Crippen LogP contribution in [0.15, 0.2) is 36.4 Å². The lowest BCUT2D eigenvalue weighted by molar-refractivity contribution is 0.211. The zero-order valence-electron chi connectivity index (χ0n) is 11.0. The molecular weight excluding hydrogens is 264 g/mol. The third kappa shape index (κ3) is 3.60. The summed E-state index contributed by atoms with van der Waals surface area (Å²) in [5.41, 5.74) is 7.37. The molecular formula is C15H15F2NO2. The van der Waals surface area contributed by atoms with Crippen LogP contribution in [0.4, 0.5) is 14.5 Å². The molecule has 0 amide bonds. The minimum atomic E-state index is -0.732. The van der Waals surface area contributed by atoms with Crippen molar-refractivity contribution in [1.29, 1.82) is 0 Å².